The number of rotatable bonds is 6. The maximum absolute atomic E-state index is 12.6. The first kappa shape index (κ1) is 20.4. The monoisotopic (exact) mass is 381 g/mol. The number of hydrogen-bond donors (Lipinski definition) is 1. The van der Waals surface area contributed by atoms with Crippen LogP contribution in [-0.2, 0) is 10.2 Å². The van der Waals surface area contributed by atoms with E-state index in [1.165, 1.54) is 11.1 Å². The number of hydrogen-bond acceptors (Lipinski definition) is 3. The van der Waals surface area contributed by atoms with Crippen molar-refractivity contribution in [1.82, 2.24) is 5.32 Å². The molecule has 1 N–H and O–H groups in total. The Bertz CT molecular complexity index is 813. The van der Waals surface area contributed by atoms with Gasteiger partial charge in [0.15, 0.2) is 0 Å². The van der Waals surface area contributed by atoms with Gasteiger partial charge in [0.25, 0.3) is 5.91 Å². The van der Waals surface area contributed by atoms with Crippen LogP contribution >= 0.6 is 0 Å². The Hall–Kier alpha value is -2.33. The number of nitrogens with one attached hydrogen (secondary N) is 1. The van der Waals surface area contributed by atoms with Crippen molar-refractivity contribution in [3.8, 4) is 5.75 Å². The fourth-order valence-corrected chi connectivity index (χ4v) is 4.27. The Kier molecular flexibility index (Phi) is 6.09. The van der Waals surface area contributed by atoms with E-state index < -0.39 is 0 Å². The summed E-state index contributed by atoms with van der Waals surface area (Å²) in [5.41, 5.74) is 3.06. The average molecular weight is 382 g/mol. The predicted octanol–water partition coefficient (Wildman–Crippen LogP) is 4.65. The Morgan fingerprint density at radius 3 is 2.61 bits per heavy atom. The summed E-state index contributed by atoms with van der Waals surface area (Å²) in [5, 5.41) is 3.10. The third-order valence-corrected chi connectivity index (χ3v) is 5.72. The van der Waals surface area contributed by atoms with E-state index in [1.54, 1.807) is 13.2 Å². The van der Waals surface area contributed by atoms with Crippen LogP contribution in [0.15, 0.2) is 48.5 Å². The molecule has 0 saturated carbocycles. The molecule has 1 fully saturated rings. The number of methoxy groups -OCH3 is 1. The van der Waals surface area contributed by atoms with Crippen LogP contribution in [0.4, 0.5) is 0 Å². The van der Waals surface area contributed by atoms with Gasteiger partial charge in [0.2, 0.25) is 0 Å². The Labute approximate surface area is 168 Å². The lowest BCUT2D eigenvalue weighted by atomic mass is 9.67. The summed E-state index contributed by atoms with van der Waals surface area (Å²) in [6.07, 6.45) is 2.80. The molecule has 2 aromatic rings. The van der Waals surface area contributed by atoms with Crippen LogP contribution in [0.3, 0.4) is 0 Å². The minimum absolute atomic E-state index is 0.0110. The van der Waals surface area contributed by atoms with E-state index in [0.717, 1.165) is 25.9 Å². The molecule has 4 nitrogen and oxygen atoms in total. The van der Waals surface area contributed by atoms with Gasteiger partial charge in [-0.05, 0) is 63.8 Å². The molecule has 1 aliphatic heterocycles. The summed E-state index contributed by atoms with van der Waals surface area (Å²) in [6, 6.07) is 16.1. The molecule has 0 unspecified atom stereocenters. The van der Waals surface area contributed by atoms with Crippen molar-refractivity contribution < 1.29 is 14.3 Å². The lowest BCUT2D eigenvalue weighted by molar-refractivity contribution is -0.0838. The normalized spacial score (nSPS) is 21.1. The van der Waals surface area contributed by atoms with Crippen LogP contribution in [0, 0.1) is 6.92 Å². The van der Waals surface area contributed by atoms with E-state index in [0.29, 0.717) is 17.9 Å². The molecule has 0 bridgehead atoms. The second-order valence-corrected chi connectivity index (χ2v) is 8.42. The maximum atomic E-state index is 12.6. The van der Waals surface area contributed by atoms with Gasteiger partial charge in [-0.25, -0.2) is 0 Å². The van der Waals surface area contributed by atoms with E-state index in [4.69, 9.17) is 9.47 Å². The number of carbonyl (C=O) groups is 1. The molecule has 0 radical (unpaired) electrons. The number of benzene rings is 2. The highest BCUT2D eigenvalue weighted by atomic mass is 16.5. The van der Waals surface area contributed by atoms with Gasteiger partial charge in [0, 0.05) is 24.1 Å². The molecule has 0 aromatic heterocycles. The van der Waals surface area contributed by atoms with Gasteiger partial charge in [-0.3, -0.25) is 4.79 Å². The van der Waals surface area contributed by atoms with Crippen LogP contribution in [0.25, 0.3) is 0 Å². The summed E-state index contributed by atoms with van der Waals surface area (Å²) in [5.74, 6) is 0.624. The summed E-state index contributed by atoms with van der Waals surface area (Å²) in [7, 11) is 1.61. The molecule has 1 amide bonds. The van der Waals surface area contributed by atoms with Gasteiger partial charge in [-0.1, -0.05) is 35.9 Å². The molecule has 4 heteroatoms. The van der Waals surface area contributed by atoms with Crippen LogP contribution in [0.2, 0.25) is 0 Å². The fourth-order valence-electron chi connectivity index (χ4n) is 4.27. The van der Waals surface area contributed by atoms with Gasteiger partial charge in [-0.2, -0.15) is 0 Å². The average Bonchev–Trinajstić information content (AvgIpc) is 2.67. The number of amides is 1. The molecule has 0 aliphatic carbocycles. The molecule has 28 heavy (non-hydrogen) atoms. The Morgan fingerprint density at radius 2 is 1.93 bits per heavy atom. The number of aryl methyl sites for hydroxylation is 1. The van der Waals surface area contributed by atoms with Crippen molar-refractivity contribution in [3.05, 3.63) is 65.2 Å². The molecule has 1 aliphatic rings. The maximum Gasteiger partial charge on any atom is 0.251 e. The van der Waals surface area contributed by atoms with Crippen molar-refractivity contribution in [3.63, 3.8) is 0 Å². The Balaban J connectivity index is 1.73. The second-order valence-electron chi connectivity index (χ2n) is 8.42. The highest BCUT2D eigenvalue weighted by Crippen LogP contribution is 2.43. The number of ether oxygens (including phenoxy) is 2. The minimum atomic E-state index is -0.167. The standard InChI is InChI=1S/C24H31NO3/c1-18-8-10-20(11-9-18)24(13-15-28-23(2,3)17-24)12-14-25-22(26)19-6-5-7-21(16-19)27-4/h5-11,16H,12-15,17H2,1-4H3,(H,25,26)/t24-/m1/s1. The first-order valence-corrected chi connectivity index (χ1v) is 9.97. The smallest absolute Gasteiger partial charge is 0.251 e. The van der Waals surface area contributed by atoms with E-state index >= 15 is 0 Å². The third kappa shape index (κ3) is 4.74. The van der Waals surface area contributed by atoms with Crippen LogP contribution < -0.4 is 10.1 Å². The van der Waals surface area contributed by atoms with Crippen molar-refractivity contribution in [1.29, 1.82) is 0 Å². The highest BCUT2D eigenvalue weighted by molar-refractivity contribution is 5.94. The highest BCUT2D eigenvalue weighted by Gasteiger charge is 2.41. The molecule has 2 aromatic carbocycles. The van der Waals surface area contributed by atoms with E-state index in [1.807, 2.05) is 18.2 Å². The molecule has 3 rings (SSSR count). The van der Waals surface area contributed by atoms with Crippen LogP contribution in [0.5, 0.6) is 5.75 Å². The molecular formula is C24H31NO3. The van der Waals surface area contributed by atoms with Crippen LogP contribution in [-0.4, -0.2) is 31.8 Å². The quantitative estimate of drug-likeness (QED) is 0.792. The Morgan fingerprint density at radius 1 is 1.18 bits per heavy atom. The van der Waals surface area contributed by atoms with E-state index in [2.05, 4.69) is 50.4 Å². The van der Waals surface area contributed by atoms with Gasteiger partial charge < -0.3 is 14.8 Å². The van der Waals surface area contributed by atoms with Crippen molar-refractivity contribution >= 4 is 5.91 Å². The largest absolute Gasteiger partial charge is 0.497 e. The topological polar surface area (TPSA) is 47.6 Å². The first-order chi connectivity index (χ1) is 13.3. The zero-order valence-electron chi connectivity index (χ0n) is 17.4. The molecule has 0 spiro atoms. The van der Waals surface area contributed by atoms with Crippen molar-refractivity contribution in [2.24, 2.45) is 0 Å². The molecule has 150 valence electrons. The zero-order chi connectivity index (χ0) is 20.2. The summed E-state index contributed by atoms with van der Waals surface area (Å²) < 4.78 is 11.2. The summed E-state index contributed by atoms with van der Waals surface area (Å²) in [4.78, 5) is 12.6. The predicted molar refractivity (Wildman–Crippen MR) is 112 cm³/mol. The van der Waals surface area contributed by atoms with E-state index in [9.17, 15) is 4.79 Å². The fraction of sp³-hybridized carbons (Fsp3) is 0.458. The summed E-state index contributed by atoms with van der Waals surface area (Å²) >= 11 is 0. The van der Waals surface area contributed by atoms with Gasteiger partial charge >= 0.3 is 0 Å². The van der Waals surface area contributed by atoms with Crippen LogP contribution in [0.1, 0.15) is 54.6 Å². The van der Waals surface area contributed by atoms with Gasteiger partial charge in [0.05, 0.1) is 12.7 Å². The van der Waals surface area contributed by atoms with Gasteiger partial charge in [0.1, 0.15) is 5.75 Å². The third-order valence-electron chi connectivity index (χ3n) is 5.72. The lowest BCUT2D eigenvalue weighted by Crippen LogP contribution is -2.45. The molecule has 1 atom stereocenters. The molecular weight excluding hydrogens is 350 g/mol. The zero-order valence-corrected chi connectivity index (χ0v) is 17.4. The SMILES string of the molecule is COc1cccc(C(=O)NCC[C@@]2(c3ccc(C)cc3)CCOC(C)(C)C2)c1. The van der Waals surface area contributed by atoms with E-state index in [-0.39, 0.29) is 16.9 Å². The van der Waals surface area contributed by atoms with Gasteiger partial charge in [-0.15, -0.1) is 0 Å². The van der Waals surface area contributed by atoms with Crippen molar-refractivity contribution in [2.75, 3.05) is 20.3 Å². The lowest BCUT2D eigenvalue weighted by Gasteiger charge is -2.45. The minimum Gasteiger partial charge on any atom is -0.497 e. The summed E-state index contributed by atoms with van der Waals surface area (Å²) in [6.45, 7) is 7.79. The first-order valence-electron chi connectivity index (χ1n) is 9.97. The molecule has 1 heterocycles. The second kappa shape index (κ2) is 8.36. The number of carbonyl (C=O) groups excluding carboxylic acids is 1. The molecule has 1 saturated heterocycles. The van der Waals surface area contributed by atoms with Crippen molar-refractivity contribution in [2.45, 2.75) is 51.0 Å².